The van der Waals surface area contributed by atoms with Crippen LogP contribution in [0.15, 0.2) is 72.8 Å². The van der Waals surface area contributed by atoms with Gasteiger partial charge in [0.25, 0.3) is 0 Å². The Labute approximate surface area is 211 Å². The molecule has 0 aliphatic heterocycles. The number of halogens is 3. The van der Waals surface area contributed by atoms with E-state index in [0.717, 1.165) is 63.0 Å². The minimum atomic E-state index is -4.48. The Morgan fingerprint density at radius 2 is 1.72 bits per heavy atom. The van der Waals surface area contributed by atoms with Gasteiger partial charge in [0.05, 0.1) is 11.2 Å². The highest BCUT2D eigenvalue weighted by Gasteiger charge is 2.51. The van der Waals surface area contributed by atoms with Crippen LogP contribution in [0.25, 0.3) is 0 Å². The van der Waals surface area contributed by atoms with Crippen molar-refractivity contribution in [1.29, 1.82) is 0 Å². The lowest BCUT2D eigenvalue weighted by Gasteiger charge is -2.53. The Bertz CT molecular complexity index is 1210. The average Bonchev–Trinajstić information content (AvgIpc) is 2.85. The largest absolute Gasteiger partial charge is 0.457 e. The van der Waals surface area contributed by atoms with Crippen molar-refractivity contribution in [3.63, 3.8) is 0 Å². The van der Waals surface area contributed by atoms with Crippen molar-refractivity contribution in [2.75, 3.05) is 0 Å². The molecule has 3 atom stereocenters. The highest BCUT2D eigenvalue weighted by atomic mass is 19.4. The summed E-state index contributed by atoms with van der Waals surface area (Å²) in [5, 5.41) is 11.3. The number of fused-ring (bicyclic) bond motifs is 3. The number of hydrogen-bond acceptors (Lipinski definition) is 2. The minimum absolute atomic E-state index is 0.0999. The zero-order chi connectivity index (χ0) is 25.4. The van der Waals surface area contributed by atoms with Crippen molar-refractivity contribution in [2.24, 2.45) is 5.92 Å². The molecule has 2 nitrogen and oxygen atoms in total. The molecule has 0 saturated heterocycles. The van der Waals surface area contributed by atoms with Crippen molar-refractivity contribution < 1.29 is 23.0 Å². The third-order valence-electron chi connectivity index (χ3n) is 8.32. The highest BCUT2D eigenvalue weighted by molar-refractivity contribution is 5.47. The van der Waals surface area contributed by atoms with Gasteiger partial charge in [-0.3, -0.25) is 0 Å². The molecule has 0 aromatic heterocycles. The van der Waals surface area contributed by atoms with Crippen LogP contribution in [0.1, 0.15) is 67.7 Å². The van der Waals surface area contributed by atoms with Crippen molar-refractivity contribution in [2.45, 2.75) is 75.5 Å². The molecular weight excluding hydrogens is 461 g/mol. The molecule has 0 amide bonds. The first-order chi connectivity index (χ1) is 17.2. The average molecular weight is 495 g/mol. The SMILES string of the molecule is CCC[C@@]1(O)CC[C@@]2(Cc3ccccc3)c3ccc(Oc4ccccc4C(F)(F)F)cc3CC[C@@H]2C1. The molecule has 190 valence electrons. The van der Waals surface area contributed by atoms with Crippen LogP contribution in [0, 0.1) is 5.92 Å². The maximum absolute atomic E-state index is 13.5. The second-order valence-corrected chi connectivity index (χ2v) is 10.6. The first-order valence-electron chi connectivity index (χ1n) is 13.0. The summed E-state index contributed by atoms with van der Waals surface area (Å²) in [6.45, 7) is 2.12. The van der Waals surface area contributed by atoms with E-state index in [2.05, 4.69) is 37.3 Å². The Hall–Kier alpha value is -2.79. The molecular formula is C31H33F3O2. The number of ether oxygens (including phenoxy) is 1. The monoisotopic (exact) mass is 494 g/mol. The third kappa shape index (κ3) is 4.78. The lowest BCUT2D eigenvalue weighted by atomic mass is 9.52. The van der Waals surface area contributed by atoms with Crippen LogP contribution < -0.4 is 4.74 Å². The lowest BCUT2D eigenvalue weighted by Crippen LogP contribution is -2.51. The molecule has 1 saturated carbocycles. The van der Waals surface area contributed by atoms with Crippen LogP contribution in [0.4, 0.5) is 13.2 Å². The van der Waals surface area contributed by atoms with E-state index < -0.39 is 17.3 Å². The van der Waals surface area contributed by atoms with Crippen LogP contribution >= 0.6 is 0 Å². The van der Waals surface area contributed by atoms with Crippen molar-refractivity contribution >= 4 is 0 Å². The fourth-order valence-corrected chi connectivity index (χ4v) is 6.70. The number of hydrogen-bond donors (Lipinski definition) is 1. The molecule has 0 spiro atoms. The van der Waals surface area contributed by atoms with Gasteiger partial charge in [-0.1, -0.05) is 61.9 Å². The Morgan fingerprint density at radius 1 is 0.972 bits per heavy atom. The predicted octanol–water partition coefficient (Wildman–Crippen LogP) is 8.26. The van der Waals surface area contributed by atoms with Crippen molar-refractivity contribution in [3.05, 3.63) is 95.1 Å². The summed E-state index contributed by atoms with van der Waals surface area (Å²) in [7, 11) is 0. The van der Waals surface area contributed by atoms with E-state index in [9.17, 15) is 18.3 Å². The van der Waals surface area contributed by atoms with Crippen molar-refractivity contribution in [3.8, 4) is 11.5 Å². The summed E-state index contributed by atoms with van der Waals surface area (Å²) in [6.07, 6.45) is 2.44. The molecule has 3 aromatic rings. The molecule has 1 fully saturated rings. The molecule has 5 heteroatoms. The first-order valence-corrected chi connectivity index (χ1v) is 13.0. The number of rotatable bonds is 6. The van der Waals surface area contributed by atoms with E-state index in [1.165, 1.54) is 23.3 Å². The lowest BCUT2D eigenvalue weighted by molar-refractivity contribution is -0.138. The molecule has 0 heterocycles. The van der Waals surface area contributed by atoms with Crippen LogP contribution in [0.3, 0.4) is 0 Å². The highest BCUT2D eigenvalue weighted by Crippen LogP contribution is 2.55. The van der Waals surface area contributed by atoms with Crippen LogP contribution in [0.2, 0.25) is 0 Å². The molecule has 2 aliphatic rings. The Kier molecular flexibility index (Phi) is 6.63. The van der Waals surface area contributed by atoms with Crippen LogP contribution in [0.5, 0.6) is 11.5 Å². The molecule has 5 rings (SSSR count). The third-order valence-corrected chi connectivity index (χ3v) is 8.32. The van der Waals surface area contributed by atoms with Gasteiger partial charge in [0.15, 0.2) is 0 Å². The predicted molar refractivity (Wildman–Crippen MR) is 135 cm³/mol. The van der Waals surface area contributed by atoms with E-state index >= 15 is 0 Å². The van der Waals surface area contributed by atoms with Gasteiger partial charge >= 0.3 is 6.18 Å². The maximum atomic E-state index is 13.5. The van der Waals surface area contributed by atoms with E-state index in [1.54, 1.807) is 6.07 Å². The summed E-state index contributed by atoms with van der Waals surface area (Å²) in [5.74, 6) is 0.602. The topological polar surface area (TPSA) is 29.5 Å². The second kappa shape index (κ2) is 9.59. The summed E-state index contributed by atoms with van der Waals surface area (Å²) in [4.78, 5) is 0. The van der Waals surface area contributed by atoms with E-state index in [1.807, 2.05) is 18.2 Å². The van der Waals surface area contributed by atoms with E-state index in [-0.39, 0.29) is 11.2 Å². The van der Waals surface area contributed by atoms with Gasteiger partial charge in [-0.05, 0) is 91.8 Å². The molecule has 36 heavy (non-hydrogen) atoms. The summed E-state index contributed by atoms with van der Waals surface area (Å²) in [5.41, 5.74) is 2.20. The molecule has 2 aliphatic carbocycles. The Balaban J connectivity index is 1.51. The van der Waals surface area contributed by atoms with Gasteiger partial charge in [0.2, 0.25) is 0 Å². The zero-order valence-corrected chi connectivity index (χ0v) is 20.7. The molecule has 0 radical (unpaired) electrons. The number of para-hydroxylation sites is 1. The van der Waals surface area contributed by atoms with E-state index in [0.29, 0.717) is 11.7 Å². The number of alkyl halides is 3. The first kappa shape index (κ1) is 24.9. The van der Waals surface area contributed by atoms with Gasteiger partial charge in [0, 0.05) is 5.41 Å². The normalized spacial score (nSPS) is 25.6. The fourth-order valence-electron chi connectivity index (χ4n) is 6.70. The molecule has 3 aromatic carbocycles. The quantitative estimate of drug-likeness (QED) is 0.374. The molecule has 1 N–H and O–H groups in total. The smallest absolute Gasteiger partial charge is 0.419 e. The maximum Gasteiger partial charge on any atom is 0.419 e. The number of benzene rings is 3. The molecule has 0 bridgehead atoms. The Morgan fingerprint density at radius 3 is 2.47 bits per heavy atom. The van der Waals surface area contributed by atoms with Gasteiger partial charge < -0.3 is 9.84 Å². The zero-order valence-electron chi connectivity index (χ0n) is 20.7. The van der Waals surface area contributed by atoms with Crippen LogP contribution in [-0.4, -0.2) is 10.7 Å². The summed E-state index contributed by atoms with van der Waals surface area (Å²) < 4.78 is 46.2. The molecule has 0 unspecified atom stereocenters. The van der Waals surface area contributed by atoms with Gasteiger partial charge in [0.1, 0.15) is 11.5 Å². The minimum Gasteiger partial charge on any atom is -0.457 e. The second-order valence-electron chi connectivity index (χ2n) is 10.6. The van der Waals surface area contributed by atoms with Crippen LogP contribution in [-0.2, 0) is 24.4 Å². The fraction of sp³-hybridized carbons (Fsp3) is 0.419. The van der Waals surface area contributed by atoms with Gasteiger partial charge in [-0.2, -0.15) is 13.2 Å². The van der Waals surface area contributed by atoms with Crippen molar-refractivity contribution in [1.82, 2.24) is 0 Å². The van der Waals surface area contributed by atoms with Gasteiger partial charge in [-0.25, -0.2) is 0 Å². The van der Waals surface area contributed by atoms with E-state index in [4.69, 9.17) is 4.74 Å². The number of aryl methyl sites for hydroxylation is 1. The summed E-state index contributed by atoms with van der Waals surface area (Å²) in [6, 6.07) is 21.6. The summed E-state index contributed by atoms with van der Waals surface area (Å²) >= 11 is 0. The number of aliphatic hydroxyl groups is 1. The standard InChI is InChI=1S/C31H33F3O2/c1-2-16-29(35)17-18-30(20-22-8-4-3-5-9-22)24(21-29)13-12-23-19-25(14-15-26(23)30)36-28-11-7-6-10-27(28)31(32,33)34/h3-11,14-15,19,24,35H,2,12-13,16-18,20-21H2,1H3/t24-,29-,30+/m1/s1. The van der Waals surface area contributed by atoms with Gasteiger partial charge in [-0.15, -0.1) is 0 Å².